The van der Waals surface area contributed by atoms with Gasteiger partial charge in [-0.05, 0) is 98.2 Å². The highest BCUT2D eigenvalue weighted by atomic mass is 19.1. The van der Waals surface area contributed by atoms with Gasteiger partial charge < -0.3 is 10.0 Å². The van der Waals surface area contributed by atoms with E-state index in [4.69, 9.17) is 0 Å². The van der Waals surface area contributed by atoms with Gasteiger partial charge >= 0.3 is 0 Å². The number of hydrogen-bond donors (Lipinski definition) is 1. The summed E-state index contributed by atoms with van der Waals surface area (Å²) in [5.74, 6) is 0.110. The summed E-state index contributed by atoms with van der Waals surface area (Å²) in [7, 11) is 0. The summed E-state index contributed by atoms with van der Waals surface area (Å²) in [5.41, 5.74) is 6.31. The number of benzene rings is 3. The molecule has 2 fully saturated rings. The first-order chi connectivity index (χ1) is 18.0. The number of amides is 1. The van der Waals surface area contributed by atoms with E-state index in [1.54, 1.807) is 18.2 Å². The van der Waals surface area contributed by atoms with Crippen LogP contribution in [0.15, 0.2) is 78.4 Å². The second kappa shape index (κ2) is 10.9. The van der Waals surface area contributed by atoms with Gasteiger partial charge in [0.15, 0.2) is 0 Å². The van der Waals surface area contributed by atoms with Crippen LogP contribution in [-0.4, -0.2) is 46.0 Å². The van der Waals surface area contributed by atoms with Gasteiger partial charge in [-0.3, -0.25) is 9.69 Å². The van der Waals surface area contributed by atoms with Crippen molar-refractivity contribution in [1.29, 1.82) is 0 Å². The largest absolute Gasteiger partial charge is 0.508 e. The highest BCUT2D eigenvalue weighted by Gasteiger charge is 2.39. The minimum atomic E-state index is -0.184. The average Bonchev–Trinajstić information content (AvgIpc) is 3.12. The SMILES string of the molecule is CCN(CC)C(=O)c1ccc(C(=C2CC3CCC(C2)N3Cc2cccc(F)c2)c2cccc(O)c2)cc1. The zero-order valence-corrected chi connectivity index (χ0v) is 21.7. The van der Waals surface area contributed by atoms with Crippen LogP contribution >= 0.6 is 0 Å². The quantitative estimate of drug-likeness (QED) is 0.397. The highest BCUT2D eigenvalue weighted by Crippen LogP contribution is 2.44. The lowest BCUT2D eigenvalue weighted by Gasteiger charge is -2.37. The van der Waals surface area contributed by atoms with Gasteiger partial charge in [-0.15, -0.1) is 0 Å². The predicted molar refractivity (Wildman–Crippen MR) is 146 cm³/mol. The van der Waals surface area contributed by atoms with Gasteiger partial charge in [0, 0.05) is 37.3 Å². The van der Waals surface area contributed by atoms with Crippen LogP contribution in [0.3, 0.4) is 0 Å². The van der Waals surface area contributed by atoms with Gasteiger partial charge in [-0.25, -0.2) is 4.39 Å². The number of halogens is 1. The van der Waals surface area contributed by atoms with Gasteiger partial charge in [0.25, 0.3) is 5.91 Å². The molecule has 3 aromatic carbocycles. The number of rotatable bonds is 7. The molecule has 2 atom stereocenters. The molecule has 1 N–H and O–H groups in total. The summed E-state index contributed by atoms with van der Waals surface area (Å²) in [4.78, 5) is 17.2. The summed E-state index contributed by atoms with van der Waals surface area (Å²) in [6.45, 7) is 6.13. The summed E-state index contributed by atoms with van der Waals surface area (Å²) < 4.78 is 13.8. The van der Waals surface area contributed by atoms with E-state index in [2.05, 4.69) is 11.0 Å². The van der Waals surface area contributed by atoms with E-state index < -0.39 is 0 Å². The Balaban J connectivity index is 1.48. The Morgan fingerprint density at radius 2 is 1.54 bits per heavy atom. The lowest BCUT2D eigenvalue weighted by atomic mass is 9.85. The molecule has 2 bridgehead atoms. The molecule has 1 amide bonds. The van der Waals surface area contributed by atoms with E-state index in [0.717, 1.165) is 54.5 Å². The molecule has 4 nitrogen and oxygen atoms in total. The summed E-state index contributed by atoms with van der Waals surface area (Å²) in [6, 6.07) is 23.2. The van der Waals surface area contributed by atoms with Crippen LogP contribution < -0.4 is 0 Å². The Morgan fingerprint density at radius 1 is 0.892 bits per heavy atom. The molecule has 0 aliphatic carbocycles. The van der Waals surface area contributed by atoms with Crippen LogP contribution in [0.5, 0.6) is 5.75 Å². The third kappa shape index (κ3) is 5.33. The van der Waals surface area contributed by atoms with E-state index in [9.17, 15) is 14.3 Å². The number of piperidine rings is 1. The third-order valence-electron chi connectivity index (χ3n) is 7.95. The summed E-state index contributed by atoms with van der Waals surface area (Å²) >= 11 is 0. The fourth-order valence-corrected chi connectivity index (χ4v) is 6.12. The lowest BCUT2D eigenvalue weighted by Crippen LogP contribution is -2.40. The molecular formula is C32H35FN2O2. The highest BCUT2D eigenvalue weighted by molar-refractivity contribution is 5.95. The van der Waals surface area contributed by atoms with Crippen molar-refractivity contribution >= 4 is 11.5 Å². The summed E-state index contributed by atoms with van der Waals surface area (Å²) in [5, 5.41) is 10.3. The van der Waals surface area contributed by atoms with E-state index >= 15 is 0 Å². The number of carbonyl (C=O) groups is 1. The molecule has 2 saturated heterocycles. The molecular weight excluding hydrogens is 463 g/mol. The molecule has 0 aromatic heterocycles. The monoisotopic (exact) mass is 498 g/mol. The van der Waals surface area contributed by atoms with E-state index in [-0.39, 0.29) is 17.5 Å². The Labute approximate surface area is 219 Å². The Kier molecular flexibility index (Phi) is 7.43. The minimum absolute atomic E-state index is 0.0480. The van der Waals surface area contributed by atoms with E-state index in [1.807, 2.05) is 61.2 Å². The topological polar surface area (TPSA) is 43.8 Å². The average molecular weight is 499 g/mol. The number of nitrogens with zero attached hydrogens (tertiary/aromatic N) is 2. The molecule has 2 aliphatic heterocycles. The Morgan fingerprint density at radius 3 is 2.16 bits per heavy atom. The molecule has 37 heavy (non-hydrogen) atoms. The minimum Gasteiger partial charge on any atom is -0.508 e. The second-order valence-corrected chi connectivity index (χ2v) is 10.2. The van der Waals surface area contributed by atoms with Crippen molar-refractivity contribution in [3.63, 3.8) is 0 Å². The van der Waals surface area contributed by atoms with Crippen LogP contribution in [0.25, 0.3) is 5.57 Å². The van der Waals surface area contributed by atoms with Crippen molar-refractivity contribution in [2.24, 2.45) is 0 Å². The van der Waals surface area contributed by atoms with Crippen LogP contribution in [0.2, 0.25) is 0 Å². The van der Waals surface area contributed by atoms with Crippen molar-refractivity contribution in [1.82, 2.24) is 9.80 Å². The standard InChI is InChI=1S/C32H35FN2O2/c1-3-34(4-2)32(37)24-13-11-23(12-14-24)31(25-8-6-10-30(36)20-25)26-18-28-15-16-29(19-26)35(28)21-22-7-5-9-27(33)17-22/h5-14,17,20,28-29,36H,3-4,15-16,18-19,21H2,1-2H3. The van der Waals surface area contributed by atoms with Gasteiger partial charge in [-0.2, -0.15) is 0 Å². The zero-order chi connectivity index (χ0) is 25.9. The smallest absolute Gasteiger partial charge is 0.253 e. The Bertz CT molecular complexity index is 1280. The fourth-order valence-electron chi connectivity index (χ4n) is 6.12. The predicted octanol–water partition coefficient (Wildman–Crippen LogP) is 6.64. The molecule has 192 valence electrons. The number of phenolic OH excluding ortho intramolecular Hbond substituents is 1. The van der Waals surface area contributed by atoms with Crippen LogP contribution in [-0.2, 0) is 6.54 Å². The van der Waals surface area contributed by atoms with E-state index in [0.29, 0.717) is 30.7 Å². The van der Waals surface area contributed by atoms with Gasteiger partial charge in [0.2, 0.25) is 0 Å². The van der Waals surface area contributed by atoms with Crippen molar-refractivity contribution in [3.8, 4) is 5.75 Å². The number of phenols is 1. The molecule has 0 radical (unpaired) electrons. The van der Waals surface area contributed by atoms with Crippen LogP contribution in [0.1, 0.15) is 66.6 Å². The molecule has 2 heterocycles. The first-order valence-electron chi connectivity index (χ1n) is 13.4. The summed E-state index contributed by atoms with van der Waals surface area (Å²) in [6.07, 6.45) is 4.15. The zero-order valence-electron chi connectivity index (χ0n) is 21.7. The van der Waals surface area contributed by atoms with Crippen molar-refractivity contribution in [2.45, 2.75) is 58.2 Å². The fraction of sp³-hybridized carbons (Fsp3) is 0.344. The van der Waals surface area contributed by atoms with E-state index in [1.165, 1.54) is 11.6 Å². The number of fused-ring (bicyclic) bond motifs is 2. The molecule has 2 aliphatic rings. The second-order valence-electron chi connectivity index (χ2n) is 10.2. The lowest BCUT2D eigenvalue weighted by molar-refractivity contribution is 0.0773. The van der Waals surface area contributed by atoms with Crippen molar-refractivity contribution in [2.75, 3.05) is 13.1 Å². The van der Waals surface area contributed by atoms with Gasteiger partial charge in [0.1, 0.15) is 11.6 Å². The third-order valence-corrected chi connectivity index (χ3v) is 7.95. The first kappa shape index (κ1) is 25.2. The van der Waals surface area contributed by atoms with Crippen LogP contribution in [0, 0.1) is 5.82 Å². The molecule has 0 saturated carbocycles. The molecule has 5 heteroatoms. The van der Waals surface area contributed by atoms with Crippen LogP contribution in [0.4, 0.5) is 4.39 Å². The molecule has 5 rings (SSSR count). The molecule has 2 unspecified atom stereocenters. The maximum absolute atomic E-state index is 13.8. The maximum atomic E-state index is 13.8. The van der Waals surface area contributed by atoms with Crippen molar-refractivity contribution in [3.05, 3.63) is 106 Å². The molecule has 3 aromatic rings. The normalized spacial score (nSPS) is 19.2. The number of hydrogen-bond acceptors (Lipinski definition) is 3. The maximum Gasteiger partial charge on any atom is 0.253 e. The van der Waals surface area contributed by atoms with Gasteiger partial charge in [0.05, 0.1) is 0 Å². The number of carbonyl (C=O) groups excluding carboxylic acids is 1. The van der Waals surface area contributed by atoms with Crippen molar-refractivity contribution < 1.29 is 14.3 Å². The first-order valence-corrected chi connectivity index (χ1v) is 13.4. The molecule has 0 spiro atoms. The Hall–Kier alpha value is -3.44. The van der Waals surface area contributed by atoms with Gasteiger partial charge in [-0.1, -0.05) is 42.0 Å². The number of aromatic hydroxyl groups is 1.